The van der Waals surface area contributed by atoms with Crippen molar-refractivity contribution in [2.45, 2.75) is 95.6 Å². The van der Waals surface area contributed by atoms with E-state index in [1.54, 1.807) is 4.57 Å². The Bertz CT molecular complexity index is 1370. The fourth-order valence-electron chi connectivity index (χ4n) is 4.64. The summed E-state index contributed by atoms with van der Waals surface area (Å²) >= 11 is 0. The molecule has 4 N–H and O–H groups in total. The molecule has 0 radical (unpaired) electrons. The van der Waals surface area contributed by atoms with Crippen LogP contribution in [0.2, 0.25) is 0 Å². The summed E-state index contributed by atoms with van der Waals surface area (Å²) in [5.41, 5.74) is 8.62. The highest BCUT2D eigenvalue weighted by molar-refractivity contribution is 8.37. The number of imidazole rings is 1. The van der Waals surface area contributed by atoms with E-state index in [0.717, 1.165) is 19.3 Å². The van der Waals surface area contributed by atoms with Crippen LogP contribution >= 0.6 is 25.4 Å². The number of aliphatic hydroxyl groups excluding tert-OH is 1. The van der Waals surface area contributed by atoms with Gasteiger partial charge in [-0.15, -0.1) is 8.93 Å². The number of ketones is 1. The number of aromatic nitrogens is 4. The molecule has 3 heterocycles. The van der Waals surface area contributed by atoms with Crippen molar-refractivity contribution in [3.63, 3.8) is 0 Å². The minimum atomic E-state index is -0.764. The number of hydrogen-bond donors (Lipinski definition) is 4. The van der Waals surface area contributed by atoms with Crippen LogP contribution in [0.15, 0.2) is 16.2 Å². The van der Waals surface area contributed by atoms with E-state index >= 15 is 0 Å². The molecule has 242 valence electrons. The number of carbonyl (C=O) groups is 3. The van der Waals surface area contributed by atoms with Crippen molar-refractivity contribution in [3.05, 3.63) is 27.1 Å². The number of nitrogens with one attached hydrogen (secondary N) is 3. The standard InChI is InChI=1S/C25H40N9O7P3/c1-2-16(35)6-4-3-5-11-27-19(37)9-7-15(32-33-26)8-10-20(38)29-25-30-23-22(24(39)31-25)28-14-34(23)21-12-17(36)18(41-21)13-40-43-44-42/h14-15,17-18,21,36,43-44H,2-13,42H2,1H3,(H,27,37)(H2,29,30,31,38,39)/t15?,17?,18-,21-/m1/s1. The monoisotopic (exact) mass is 671 g/mol. The van der Waals surface area contributed by atoms with Gasteiger partial charge >= 0.3 is 0 Å². The lowest BCUT2D eigenvalue weighted by Crippen LogP contribution is -2.25. The Morgan fingerprint density at radius 2 is 2.07 bits per heavy atom. The van der Waals surface area contributed by atoms with Crippen LogP contribution < -0.4 is 16.2 Å². The number of Topliss-reactive ketones (excluding diaryl/α,β-unsaturated/α-hetero) is 1. The normalized spacial score (nSPS) is 19.1. The van der Waals surface area contributed by atoms with Crippen molar-refractivity contribution in [1.29, 1.82) is 0 Å². The predicted octanol–water partition coefficient (Wildman–Crippen LogP) is 3.60. The zero-order valence-electron chi connectivity index (χ0n) is 24.5. The number of fused-ring (bicyclic) bond motifs is 1. The quantitative estimate of drug-likeness (QED) is 0.0529. The summed E-state index contributed by atoms with van der Waals surface area (Å²) in [6.07, 6.45) is 3.83. The van der Waals surface area contributed by atoms with Crippen LogP contribution in [-0.4, -0.2) is 73.6 Å². The molecule has 2 aromatic heterocycles. The Morgan fingerprint density at radius 1 is 1.30 bits per heavy atom. The second kappa shape index (κ2) is 19.1. The summed E-state index contributed by atoms with van der Waals surface area (Å²) in [4.78, 5) is 62.7. The topological polar surface area (TPSA) is 226 Å². The molecular formula is C25H40N9O7P3. The number of hydrogen-bond acceptors (Lipinski definition) is 10. The van der Waals surface area contributed by atoms with Crippen molar-refractivity contribution in [2.75, 3.05) is 18.5 Å². The summed E-state index contributed by atoms with van der Waals surface area (Å²) in [5, 5.41) is 19.5. The van der Waals surface area contributed by atoms with Gasteiger partial charge in [-0.05, 0) is 31.2 Å². The van der Waals surface area contributed by atoms with Crippen LogP contribution in [0.25, 0.3) is 21.6 Å². The molecule has 0 aliphatic carbocycles. The lowest BCUT2D eigenvalue weighted by atomic mass is 10.1. The molecule has 1 fully saturated rings. The second-order valence-corrected chi connectivity index (χ2v) is 15.1. The Balaban J connectivity index is 1.48. The van der Waals surface area contributed by atoms with Crippen molar-refractivity contribution in [3.8, 4) is 0 Å². The lowest BCUT2D eigenvalue weighted by Gasteiger charge is -2.15. The molecule has 7 atom stereocenters. The Kier molecular flexibility index (Phi) is 15.6. The highest BCUT2D eigenvalue weighted by atomic mass is 32.4. The van der Waals surface area contributed by atoms with E-state index in [9.17, 15) is 24.3 Å². The van der Waals surface area contributed by atoms with E-state index in [2.05, 4.69) is 44.5 Å². The molecule has 0 aromatic carbocycles. The third-order valence-electron chi connectivity index (χ3n) is 7.06. The summed E-state index contributed by atoms with van der Waals surface area (Å²) in [6, 6.07) is -0.576. The van der Waals surface area contributed by atoms with E-state index in [-0.39, 0.29) is 67.5 Å². The average Bonchev–Trinajstić information content (AvgIpc) is 3.59. The molecule has 16 nitrogen and oxygen atoms in total. The number of amides is 2. The number of carbonyl (C=O) groups excluding carboxylic acids is 3. The first kappa shape index (κ1) is 35.9. The molecule has 5 unspecified atom stereocenters. The van der Waals surface area contributed by atoms with Crippen LogP contribution in [0.3, 0.4) is 0 Å². The average molecular weight is 672 g/mol. The molecule has 3 rings (SSSR count). The van der Waals surface area contributed by atoms with E-state index in [0.29, 0.717) is 35.8 Å². The zero-order valence-corrected chi connectivity index (χ0v) is 27.7. The van der Waals surface area contributed by atoms with Gasteiger partial charge in [0, 0.05) is 58.1 Å². The van der Waals surface area contributed by atoms with Crippen molar-refractivity contribution >= 4 is 60.1 Å². The fourth-order valence-corrected chi connectivity index (χ4v) is 6.22. The molecule has 1 saturated heterocycles. The molecule has 2 amide bonds. The van der Waals surface area contributed by atoms with Crippen LogP contribution in [-0.2, 0) is 23.6 Å². The van der Waals surface area contributed by atoms with Gasteiger partial charge in [-0.3, -0.25) is 34.0 Å². The van der Waals surface area contributed by atoms with Crippen molar-refractivity contribution in [1.82, 2.24) is 24.8 Å². The number of nitrogens with zero attached hydrogens (tertiary/aromatic N) is 6. The molecule has 1 aliphatic rings. The number of aliphatic hydroxyl groups is 1. The zero-order chi connectivity index (χ0) is 31.9. The first-order valence-corrected chi connectivity index (χ1v) is 19.2. The number of H-pyrrole nitrogens is 1. The maximum Gasteiger partial charge on any atom is 0.280 e. The van der Waals surface area contributed by atoms with Gasteiger partial charge in [0.15, 0.2) is 11.2 Å². The summed E-state index contributed by atoms with van der Waals surface area (Å²) < 4.78 is 13.0. The van der Waals surface area contributed by atoms with E-state index in [4.69, 9.17) is 14.8 Å². The Morgan fingerprint density at radius 3 is 2.80 bits per heavy atom. The number of anilines is 1. The first-order valence-electron chi connectivity index (χ1n) is 14.5. The lowest BCUT2D eigenvalue weighted by molar-refractivity contribution is -0.121. The number of aromatic amines is 1. The van der Waals surface area contributed by atoms with E-state index in [1.165, 1.54) is 6.33 Å². The van der Waals surface area contributed by atoms with Gasteiger partial charge < -0.3 is 19.7 Å². The van der Waals surface area contributed by atoms with Crippen LogP contribution in [0.4, 0.5) is 5.95 Å². The van der Waals surface area contributed by atoms with Crippen LogP contribution in [0, 0.1) is 0 Å². The predicted molar refractivity (Wildman–Crippen MR) is 172 cm³/mol. The van der Waals surface area contributed by atoms with Gasteiger partial charge in [-0.25, -0.2) is 4.98 Å². The fraction of sp³-hybridized carbons (Fsp3) is 0.680. The van der Waals surface area contributed by atoms with Gasteiger partial charge in [0.05, 0.1) is 19.0 Å². The maximum atomic E-state index is 12.7. The Hall–Kier alpha value is -2.56. The SMILES string of the molecule is CCC(=O)CCCCCNC(=O)CCC(CCC(=O)Nc1nc2c(ncn2[C@H]2CC(O)[C@@H](COPPP)O2)c(=O)[nH]1)N=[N+]=[N-]. The second-order valence-electron chi connectivity index (χ2n) is 10.3. The molecule has 0 saturated carbocycles. The molecule has 44 heavy (non-hydrogen) atoms. The third kappa shape index (κ3) is 11.4. The largest absolute Gasteiger partial charge is 0.390 e. The highest BCUT2D eigenvalue weighted by Gasteiger charge is 2.36. The van der Waals surface area contributed by atoms with E-state index < -0.39 is 35.9 Å². The Labute approximate surface area is 259 Å². The summed E-state index contributed by atoms with van der Waals surface area (Å²) in [7, 11) is 3.46. The third-order valence-corrected chi connectivity index (χ3v) is 9.33. The number of rotatable bonds is 20. The molecule has 0 bridgehead atoms. The van der Waals surface area contributed by atoms with Crippen molar-refractivity contribution < 1.29 is 28.8 Å². The molecule has 19 heteroatoms. The van der Waals surface area contributed by atoms with Gasteiger partial charge in [-0.2, -0.15) is 4.98 Å². The summed E-state index contributed by atoms with van der Waals surface area (Å²) in [5.74, 6) is -0.498. The number of azide groups is 1. The molecule has 2 aromatic rings. The van der Waals surface area contributed by atoms with Gasteiger partial charge in [-0.1, -0.05) is 26.4 Å². The summed E-state index contributed by atoms with van der Waals surface area (Å²) in [6.45, 7) is 2.59. The number of unbranched alkanes of at least 4 members (excludes halogenated alkanes) is 2. The van der Waals surface area contributed by atoms with Gasteiger partial charge in [0.25, 0.3) is 5.56 Å². The smallest absolute Gasteiger partial charge is 0.280 e. The molecular weight excluding hydrogens is 631 g/mol. The van der Waals surface area contributed by atoms with Gasteiger partial charge in [0.1, 0.15) is 18.1 Å². The molecule has 1 aliphatic heterocycles. The van der Waals surface area contributed by atoms with Gasteiger partial charge in [0.2, 0.25) is 17.8 Å². The highest BCUT2D eigenvalue weighted by Crippen LogP contribution is 2.44. The minimum absolute atomic E-state index is 0.0418. The molecule has 0 spiro atoms. The number of ether oxygens (including phenoxy) is 1. The van der Waals surface area contributed by atoms with E-state index in [1.807, 2.05) is 6.92 Å². The first-order chi connectivity index (χ1) is 21.2. The van der Waals surface area contributed by atoms with Crippen LogP contribution in [0.5, 0.6) is 0 Å². The van der Waals surface area contributed by atoms with Crippen molar-refractivity contribution in [2.24, 2.45) is 5.11 Å². The van der Waals surface area contributed by atoms with Crippen LogP contribution in [0.1, 0.15) is 77.4 Å². The minimum Gasteiger partial charge on any atom is -0.390 e. The maximum absolute atomic E-state index is 12.7.